The minimum atomic E-state index is -0.834. The summed E-state index contributed by atoms with van der Waals surface area (Å²) >= 11 is 1.63. The summed E-state index contributed by atoms with van der Waals surface area (Å²) in [6, 6.07) is 7.48. The fourth-order valence-corrected chi connectivity index (χ4v) is 3.46. The Morgan fingerprint density at radius 2 is 1.58 bits per heavy atom. The lowest BCUT2D eigenvalue weighted by Gasteiger charge is -2.11. The largest absolute Gasteiger partial charge is 0.462 e. The van der Waals surface area contributed by atoms with Gasteiger partial charge in [-0.15, -0.1) is 0 Å². The third-order valence-electron chi connectivity index (χ3n) is 4.52. The summed E-state index contributed by atoms with van der Waals surface area (Å²) in [7, 11) is 0. The number of hydrogen-bond donors (Lipinski definition) is 0. The van der Waals surface area contributed by atoms with Crippen LogP contribution in [0.1, 0.15) is 61.9 Å². The molecule has 0 atom stereocenters. The maximum atomic E-state index is 12.6. The molecule has 0 spiro atoms. The molecular formula is C22H20O8S. The Morgan fingerprint density at radius 3 is 2.26 bits per heavy atom. The molecule has 0 N–H and O–H groups in total. The average molecular weight is 444 g/mol. The number of carbonyl (C=O) groups is 5. The Kier molecular flexibility index (Phi) is 7.41. The Morgan fingerprint density at radius 1 is 0.935 bits per heavy atom. The number of esters is 2. The van der Waals surface area contributed by atoms with Crippen LogP contribution < -0.4 is 0 Å². The van der Waals surface area contributed by atoms with E-state index in [0.717, 1.165) is 5.75 Å². The zero-order valence-corrected chi connectivity index (χ0v) is 17.6. The molecule has 31 heavy (non-hydrogen) atoms. The second-order valence-corrected chi connectivity index (χ2v) is 7.68. The van der Waals surface area contributed by atoms with Crippen LogP contribution in [0.25, 0.3) is 0 Å². The Bertz CT molecular complexity index is 983. The summed E-state index contributed by atoms with van der Waals surface area (Å²) in [6.45, 7) is -0.282. The van der Waals surface area contributed by atoms with Gasteiger partial charge in [0, 0.05) is 17.5 Å². The van der Waals surface area contributed by atoms with Gasteiger partial charge in [0.1, 0.15) is 19.6 Å². The molecule has 3 rings (SSSR count). The van der Waals surface area contributed by atoms with Crippen molar-refractivity contribution in [3.63, 3.8) is 0 Å². The van der Waals surface area contributed by atoms with Crippen LogP contribution >= 0.6 is 11.8 Å². The highest BCUT2D eigenvalue weighted by atomic mass is 32.2. The summed E-state index contributed by atoms with van der Waals surface area (Å²) in [5.74, 6) is -2.48. The lowest BCUT2D eigenvalue weighted by atomic mass is 9.88. The van der Waals surface area contributed by atoms with Crippen molar-refractivity contribution in [3.05, 3.63) is 58.5 Å². The Hall–Kier alpha value is -3.20. The number of Topliss-reactive ketones (excluding diaryl/α,β-unsaturated/α-hetero) is 1. The van der Waals surface area contributed by atoms with Crippen molar-refractivity contribution >= 4 is 41.1 Å². The van der Waals surface area contributed by atoms with Crippen LogP contribution in [0.15, 0.2) is 34.7 Å². The molecule has 0 amide bonds. The van der Waals surface area contributed by atoms with Crippen LogP contribution in [0.2, 0.25) is 0 Å². The molecule has 0 radical (unpaired) electrons. The number of furan rings is 1. The molecule has 1 aromatic heterocycles. The van der Waals surface area contributed by atoms with Gasteiger partial charge >= 0.3 is 11.9 Å². The fraction of sp³-hybridized carbons (Fsp3) is 0.318. The van der Waals surface area contributed by atoms with Gasteiger partial charge < -0.3 is 13.9 Å². The maximum absolute atomic E-state index is 12.6. The molecule has 1 aliphatic rings. The highest BCUT2D eigenvalue weighted by Crippen LogP contribution is 2.30. The standard InChI is InChI=1S/C22H20O8S/c1-31-10-4-7-18(24)28-8-9-29-19(25)12-16(23)17-11-15-20(26)13-5-2-3-6-14(13)21(27)22(15)30-17/h2-3,5-6,11H,4,7-10,12H2,1H3. The lowest BCUT2D eigenvalue weighted by Crippen LogP contribution is -2.18. The summed E-state index contributed by atoms with van der Waals surface area (Å²) in [5, 5.41) is 0. The number of benzene rings is 1. The van der Waals surface area contributed by atoms with Crippen LogP contribution in [0, 0.1) is 0 Å². The highest BCUT2D eigenvalue weighted by Gasteiger charge is 2.34. The first kappa shape index (κ1) is 22.5. The molecule has 9 heteroatoms. The molecule has 0 aliphatic heterocycles. The minimum absolute atomic E-state index is 0.00574. The van der Waals surface area contributed by atoms with Crippen molar-refractivity contribution in [1.82, 2.24) is 0 Å². The maximum Gasteiger partial charge on any atom is 0.313 e. The second-order valence-electron chi connectivity index (χ2n) is 6.69. The van der Waals surface area contributed by atoms with Gasteiger partial charge in [-0.3, -0.25) is 24.0 Å². The third kappa shape index (κ3) is 5.29. The molecule has 162 valence electrons. The number of carbonyl (C=O) groups excluding carboxylic acids is 5. The molecule has 0 saturated carbocycles. The van der Waals surface area contributed by atoms with Gasteiger partial charge in [-0.1, -0.05) is 24.3 Å². The van der Waals surface area contributed by atoms with E-state index < -0.39 is 29.7 Å². The van der Waals surface area contributed by atoms with Gasteiger partial charge in [0.25, 0.3) is 0 Å². The van der Waals surface area contributed by atoms with Crippen LogP contribution in [0.4, 0.5) is 0 Å². The summed E-state index contributed by atoms with van der Waals surface area (Å²) in [4.78, 5) is 60.8. The number of ether oxygens (including phenoxy) is 2. The van der Waals surface area contributed by atoms with Crippen molar-refractivity contribution in [1.29, 1.82) is 0 Å². The quantitative estimate of drug-likeness (QED) is 0.201. The van der Waals surface area contributed by atoms with Crippen molar-refractivity contribution in [2.24, 2.45) is 0 Å². The van der Waals surface area contributed by atoms with Crippen molar-refractivity contribution in [3.8, 4) is 0 Å². The number of ketones is 3. The van der Waals surface area contributed by atoms with Gasteiger partial charge in [0.15, 0.2) is 17.3 Å². The van der Waals surface area contributed by atoms with E-state index in [4.69, 9.17) is 13.9 Å². The molecule has 1 heterocycles. The average Bonchev–Trinajstić information content (AvgIpc) is 3.21. The van der Waals surface area contributed by atoms with Crippen molar-refractivity contribution < 1.29 is 37.9 Å². The minimum Gasteiger partial charge on any atom is -0.462 e. The van der Waals surface area contributed by atoms with E-state index in [9.17, 15) is 24.0 Å². The molecule has 0 unspecified atom stereocenters. The molecule has 1 aliphatic carbocycles. The molecular weight excluding hydrogens is 424 g/mol. The molecule has 2 aromatic rings. The van der Waals surface area contributed by atoms with E-state index in [0.29, 0.717) is 6.42 Å². The van der Waals surface area contributed by atoms with Crippen LogP contribution in [-0.4, -0.2) is 54.5 Å². The van der Waals surface area contributed by atoms with Gasteiger partial charge in [0.2, 0.25) is 11.6 Å². The van der Waals surface area contributed by atoms with E-state index in [1.165, 1.54) is 18.2 Å². The SMILES string of the molecule is CSCCCC(=O)OCCOC(=O)CC(=O)c1cc2c(o1)C(=O)c1ccccc1C2=O. The zero-order chi connectivity index (χ0) is 22.4. The van der Waals surface area contributed by atoms with Gasteiger partial charge in [-0.05, 0) is 24.5 Å². The number of thioether (sulfide) groups is 1. The first-order valence-electron chi connectivity index (χ1n) is 9.58. The summed E-state index contributed by atoms with van der Waals surface area (Å²) < 4.78 is 15.1. The van der Waals surface area contributed by atoms with Crippen LogP contribution in [-0.2, 0) is 19.1 Å². The molecule has 0 fully saturated rings. The number of rotatable bonds is 10. The molecule has 0 saturated heterocycles. The smallest absolute Gasteiger partial charge is 0.313 e. The normalized spacial score (nSPS) is 12.2. The topological polar surface area (TPSA) is 117 Å². The molecule has 1 aromatic carbocycles. The predicted octanol–water partition coefficient (Wildman–Crippen LogP) is 2.86. The van der Waals surface area contributed by atoms with E-state index in [1.807, 2.05) is 6.26 Å². The van der Waals surface area contributed by atoms with Crippen LogP contribution in [0.5, 0.6) is 0 Å². The van der Waals surface area contributed by atoms with Crippen molar-refractivity contribution in [2.75, 3.05) is 25.2 Å². The van der Waals surface area contributed by atoms with E-state index in [1.54, 1.807) is 23.9 Å². The Balaban J connectivity index is 1.52. The first-order valence-corrected chi connectivity index (χ1v) is 11.0. The summed E-state index contributed by atoms with van der Waals surface area (Å²) in [6.07, 6.45) is 2.30. The summed E-state index contributed by atoms with van der Waals surface area (Å²) in [5.41, 5.74) is 0.437. The molecule has 8 nitrogen and oxygen atoms in total. The van der Waals surface area contributed by atoms with Crippen molar-refractivity contribution in [2.45, 2.75) is 19.3 Å². The Labute approximate surface area is 182 Å². The monoisotopic (exact) mass is 444 g/mol. The van der Waals surface area contributed by atoms with E-state index >= 15 is 0 Å². The van der Waals surface area contributed by atoms with Gasteiger partial charge in [0.05, 0.1) is 5.56 Å². The predicted molar refractivity (Wildman–Crippen MR) is 110 cm³/mol. The van der Waals surface area contributed by atoms with Gasteiger partial charge in [-0.25, -0.2) is 0 Å². The third-order valence-corrected chi connectivity index (χ3v) is 5.21. The van der Waals surface area contributed by atoms with Gasteiger partial charge in [-0.2, -0.15) is 11.8 Å². The van der Waals surface area contributed by atoms with Crippen LogP contribution in [0.3, 0.4) is 0 Å². The fourth-order valence-electron chi connectivity index (χ4n) is 3.03. The van der Waals surface area contributed by atoms with E-state index in [-0.39, 0.29) is 53.8 Å². The highest BCUT2D eigenvalue weighted by molar-refractivity contribution is 7.98. The first-order chi connectivity index (χ1) is 14.9. The molecule has 0 bridgehead atoms. The number of fused-ring (bicyclic) bond motifs is 2. The van der Waals surface area contributed by atoms with E-state index in [2.05, 4.69) is 0 Å². The lowest BCUT2D eigenvalue weighted by molar-refractivity contribution is -0.151. The number of hydrogen-bond acceptors (Lipinski definition) is 9. The second kappa shape index (κ2) is 10.2. The zero-order valence-electron chi connectivity index (χ0n) is 16.8.